The molecule has 0 aliphatic rings. The van der Waals surface area contributed by atoms with Gasteiger partial charge in [0.05, 0.1) is 12.4 Å². The zero-order valence-electron chi connectivity index (χ0n) is 9.02. The number of hydrogen-bond acceptors (Lipinski definition) is 4. The second kappa shape index (κ2) is 5.66. The Morgan fingerprint density at radius 2 is 2.00 bits per heavy atom. The molecule has 0 saturated heterocycles. The standard InChI is InChI=1S/C11H8Cl2N4O/c12-8-3-1-7(2-4-8)5-14-16-9-6-15-17-11(18)10(9)13/h1-6H,(H2,16,17,18). The van der Waals surface area contributed by atoms with E-state index in [9.17, 15) is 4.79 Å². The first kappa shape index (κ1) is 12.6. The van der Waals surface area contributed by atoms with Crippen LogP contribution in [0.2, 0.25) is 10.0 Å². The minimum absolute atomic E-state index is 0.0123. The largest absolute Gasteiger partial charge is 0.285 e. The molecular weight excluding hydrogens is 275 g/mol. The number of H-pyrrole nitrogens is 1. The van der Waals surface area contributed by atoms with Gasteiger partial charge in [-0.05, 0) is 17.7 Å². The molecule has 2 N–H and O–H groups in total. The van der Waals surface area contributed by atoms with Crippen molar-refractivity contribution in [2.45, 2.75) is 0 Å². The highest BCUT2D eigenvalue weighted by molar-refractivity contribution is 6.32. The lowest BCUT2D eigenvalue weighted by molar-refractivity contribution is 0.987. The third-order valence-corrected chi connectivity index (χ3v) is 2.69. The molecular formula is C11H8Cl2N4O. The molecule has 5 nitrogen and oxygen atoms in total. The molecule has 18 heavy (non-hydrogen) atoms. The van der Waals surface area contributed by atoms with Crippen LogP contribution in [0.4, 0.5) is 5.69 Å². The molecule has 0 aliphatic heterocycles. The second-order valence-corrected chi connectivity index (χ2v) is 4.16. The minimum atomic E-state index is -0.469. The van der Waals surface area contributed by atoms with Crippen LogP contribution in [0.25, 0.3) is 0 Å². The molecule has 0 saturated carbocycles. The zero-order chi connectivity index (χ0) is 13.0. The van der Waals surface area contributed by atoms with E-state index in [1.165, 1.54) is 6.20 Å². The summed E-state index contributed by atoms with van der Waals surface area (Å²) >= 11 is 11.5. The Balaban J connectivity index is 2.09. The number of anilines is 1. The van der Waals surface area contributed by atoms with E-state index in [-0.39, 0.29) is 5.02 Å². The second-order valence-electron chi connectivity index (χ2n) is 3.35. The van der Waals surface area contributed by atoms with Gasteiger partial charge in [-0.25, -0.2) is 5.10 Å². The minimum Gasteiger partial charge on any atom is -0.275 e. The molecule has 2 rings (SSSR count). The van der Waals surface area contributed by atoms with Gasteiger partial charge in [-0.15, -0.1) is 0 Å². The van der Waals surface area contributed by atoms with Crippen LogP contribution >= 0.6 is 23.2 Å². The van der Waals surface area contributed by atoms with Crippen molar-refractivity contribution in [3.63, 3.8) is 0 Å². The highest BCUT2D eigenvalue weighted by Gasteiger charge is 2.02. The van der Waals surface area contributed by atoms with E-state index < -0.39 is 5.56 Å². The van der Waals surface area contributed by atoms with Crippen LogP contribution in [-0.2, 0) is 0 Å². The number of halogens is 2. The van der Waals surface area contributed by atoms with Crippen molar-refractivity contribution in [3.05, 3.63) is 56.4 Å². The number of hydrazone groups is 1. The average Bonchev–Trinajstić information content (AvgIpc) is 2.37. The predicted molar refractivity (Wildman–Crippen MR) is 72.5 cm³/mol. The molecule has 0 radical (unpaired) electrons. The topological polar surface area (TPSA) is 70.1 Å². The number of rotatable bonds is 3. The molecule has 0 fully saturated rings. The fraction of sp³-hybridized carbons (Fsp3) is 0. The highest BCUT2D eigenvalue weighted by Crippen LogP contribution is 2.14. The predicted octanol–water partition coefficient (Wildman–Crippen LogP) is 2.52. The van der Waals surface area contributed by atoms with Crippen LogP contribution in [0.3, 0.4) is 0 Å². The fourth-order valence-corrected chi connectivity index (χ4v) is 1.45. The van der Waals surface area contributed by atoms with Crippen LogP contribution in [0.1, 0.15) is 5.56 Å². The lowest BCUT2D eigenvalue weighted by Crippen LogP contribution is -2.10. The van der Waals surface area contributed by atoms with Crippen molar-refractivity contribution in [2.75, 3.05) is 5.43 Å². The molecule has 0 amide bonds. The van der Waals surface area contributed by atoms with Crippen LogP contribution in [0, 0.1) is 0 Å². The van der Waals surface area contributed by atoms with Crippen molar-refractivity contribution < 1.29 is 0 Å². The van der Waals surface area contributed by atoms with Gasteiger partial charge < -0.3 is 0 Å². The summed E-state index contributed by atoms with van der Waals surface area (Å²) in [6.07, 6.45) is 2.96. The molecule has 1 aromatic carbocycles. The van der Waals surface area contributed by atoms with Crippen molar-refractivity contribution >= 4 is 35.1 Å². The van der Waals surface area contributed by atoms with E-state index in [1.807, 2.05) is 12.1 Å². The third kappa shape index (κ3) is 3.09. The molecule has 0 unspecified atom stereocenters. The molecule has 92 valence electrons. The van der Waals surface area contributed by atoms with Gasteiger partial charge in [-0.2, -0.15) is 10.2 Å². The molecule has 0 aliphatic carbocycles. The van der Waals surface area contributed by atoms with Crippen molar-refractivity contribution in [3.8, 4) is 0 Å². The highest BCUT2D eigenvalue weighted by atomic mass is 35.5. The van der Waals surface area contributed by atoms with Gasteiger partial charge in [-0.1, -0.05) is 35.3 Å². The number of hydrogen-bond donors (Lipinski definition) is 2. The smallest absolute Gasteiger partial charge is 0.275 e. The Morgan fingerprint density at radius 3 is 2.72 bits per heavy atom. The molecule has 1 heterocycles. The maximum atomic E-state index is 11.2. The molecule has 7 heteroatoms. The summed E-state index contributed by atoms with van der Waals surface area (Å²) in [5.74, 6) is 0. The van der Waals surface area contributed by atoms with Crippen LogP contribution < -0.4 is 11.0 Å². The first-order chi connectivity index (χ1) is 8.66. The fourth-order valence-electron chi connectivity index (χ4n) is 1.19. The van der Waals surface area contributed by atoms with Gasteiger partial charge in [-0.3, -0.25) is 10.2 Å². The van der Waals surface area contributed by atoms with Gasteiger partial charge in [0.1, 0.15) is 10.7 Å². The molecule has 2 aromatic rings. The summed E-state index contributed by atoms with van der Waals surface area (Å²) in [5, 5.41) is 10.4. The summed E-state index contributed by atoms with van der Waals surface area (Å²) < 4.78 is 0. The zero-order valence-corrected chi connectivity index (χ0v) is 10.5. The summed E-state index contributed by atoms with van der Waals surface area (Å²) in [6.45, 7) is 0. The average molecular weight is 283 g/mol. The third-order valence-electron chi connectivity index (χ3n) is 2.06. The first-order valence-electron chi connectivity index (χ1n) is 4.94. The lowest BCUT2D eigenvalue weighted by Gasteiger charge is -2.00. The molecule has 1 aromatic heterocycles. The van der Waals surface area contributed by atoms with E-state index in [0.717, 1.165) is 5.56 Å². The van der Waals surface area contributed by atoms with Gasteiger partial charge in [0, 0.05) is 5.02 Å². The van der Waals surface area contributed by atoms with Crippen LogP contribution in [0.5, 0.6) is 0 Å². The van der Waals surface area contributed by atoms with Crippen molar-refractivity contribution in [2.24, 2.45) is 5.10 Å². The normalized spacial score (nSPS) is 10.8. The Labute approximate surface area is 112 Å². The Morgan fingerprint density at radius 1 is 1.28 bits per heavy atom. The maximum absolute atomic E-state index is 11.2. The van der Waals surface area contributed by atoms with Crippen LogP contribution in [-0.4, -0.2) is 16.4 Å². The number of aromatic amines is 1. The van der Waals surface area contributed by atoms with Gasteiger partial charge in [0.25, 0.3) is 5.56 Å². The van der Waals surface area contributed by atoms with E-state index in [2.05, 4.69) is 20.7 Å². The van der Waals surface area contributed by atoms with E-state index in [1.54, 1.807) is 18.3 Å². The lowest BCUT2D eigenvalue weighted by atomic mass is 10.2. The van der Waals surface area contributed by atoms with Crippen molar-refractivity contribution in [1.82, 2.24) is 10.2 Å². The molecule has 0 atom stereocenters. The van der Waals surface area contributed by atoms with E-state index in [0.29, 0.717) is 10.7 Å². The summed E-state index contributed by atoms with van der Waals surface area (Å²) in [5.41, 5.74) is 3.37. The van der Waals surface area contributed by atoms with Gasteiger partial charge >= 0.3 is 0 Å². The van der Waals surface area contributed by atoms with Gasteiger partial charge in [0.15, 0.2) is 0 Å². The summed E-state index contributed by atoms with van der Waals surface area (Å²) in [6, 6.07) is 7.13. The van der Waals surface area contributed by atoms with Crippen molar-refractivity contribution in [1.29, 1.82) is 0 Å². The monoisotopic (exact) mass is 282 g/mol. The first-order valence-corrected chi connectivity index (χ1v) is 5.70. The quantitative estimate of drug-likeness (QED) is 0.671. The number of benzene rings is 1. The van der Waals surface area contributed by atoms with E-state index in [4.69, 9.17) is 23.2 Å². The molecule has 0 bridgehead atoms. The number of aromatic nitrogens is 2. The van der Waals surface area contributed by atoms with E-state index >= 15 is 0 Å². The van der Waals surface area contributed by atoms with Gasteiger partial charge in [0.2, 0.25) is 0 Å². The Hall–Kier alpha value is -1.85. The number of nitrogens with one attached hydrogen (secondary N) is 2. The Bertz CT molecular complexity index is 622. The Kier molecular flexibility index (Phi) is 3.96. The molecule has 0 spiro atoms. The summed E-state index contributed by atoms with van der Waals surface area (Å²) in [7, 11) is 0. The number of nitrogens with zero attached hydrogens (tertiary/aromatic N) is 2. The van der Waals surface area contributed by atoms with Crippen LogP contribution in [0.15, 0.2) is 40.4 Å². The SMILES string of the molecule is O=c1[nH]ncc(NN=Cc2ccc(Cl)cc2)c1Cl. The maximum Gasteiger partial charge on any atom is 0.285 e. The summed E-state index contributed by atoms with van der Waals surface area (Å²) in [4.78, 5) is 11.2.